The van der Waals surface area contributed by atoms with Crippen molar-refractivity contribution in [2.24, 2.45) is 0 Å². The van der Waals surface area contributed by atoms with Gasteiger partial charge in [0.15, 0.2) is 0 Å². The number of Topliss-reactive ketones (excluding diaryl/α,β-unsaturated/α-hetero) is 1. The zero-order chi connectivity index (χ0) is 22.0. The molecule has 2 nitrogen and oxygen atoms in total. The topological polar surface area (TPSA) is 20.3 Å². The van der Waals surface area contributed by atoms with Crippen LogP contribution >= 0.6 is 0 Å². The number of carbonyl (C=O) groups excluding carboxylic acids is 1. The summed E-state index contributed by atoms with van der Waals surface area (Å²) in [6, 6.07) is 0. The molecule has 1 aliphatic heterocycles. The van der Waals surface area contributed by atoms with Crippen LogP contribution in [0.3, 0.4) is 0 Å². The van der Waals surface area contributed by atoms with Gasteiger partial charge in [0.2, 0.25) is 0 Å². The second kappa shape index (κ2) is 125. The molecule has 1 saturated heterocycles. The van der Waals surface area contributed by atoms with E-state index in [4.69, 9.17) is 73.2 Å². The molecular formula is C6H11F16NO. The van der Waals surface area contributed by atoms with Crippen molar-refractivity contribution in [3.05, 3.63) is 0 Å². The summed E-state index contributed by atoms with van der Waals surface area (Å²) in [5.41, 5.74) is 0. The number of halogens is 16. The normalized spacial score (nSPS) is 9.96. The minimum atomic E-state index is 0.420. The van der Waals surface area contributed by atoms with Gasteiger partial charge in [0.05, 0.1) is 0 Å². The maximum absolute atomic E-state index is 10.6. The molecule has 0 amide bonds. The van der Waals surface area contributed by atoms with Crippen molar-refractivity contribution in [1.29, 1.82) is 0 Å². The van der Waals surface area contributed by atoms with E-state index in [0.717, 1.165) is 25.9 Å². The molecule has 0 saturated carbocycles. The molecule has 24 heavy (non-hydrogen) atoms. The van der Waals surface area contributed by atoms with Gasteiger partial charge in [-0.2, -0.15) is 0 Å². The number of ketones is 1. The average molecular weight is 417 g/mol. The SMILES string of the molecule is CN1CCC(=O)CC1.FF.FF.FF.FF.FF.FF.FF.FF. The molecular weight excluding hydrogens is 406 g/mol. The molecule has 0 atom stereocenters. The Bertz CT molecular complexity index is 113. The third-order valence-corrected chi connectivity index (χ3v) is 1.54. The van der Waals surface area contributed by atoms with Gasteiger partial charge in [-0.3, -0.25) is 4.79 Å². The van der Waals surface area contributed by atoms with Crippen LogP contribution in [0.1, 0.15) is 12.8 Å². The van der Waals surface area contributed by atoms with Gasteiger partial charge >= 0.3 is 0 Å². The van der Waals surface area contributed by atoms with E-state index in [1.54, 1.807) is 0 Å². The van der Waals surface area contributed by atoms with E-state index >= 15 is 0 Å². The van der Waals surface area contributed by atoms with Crippen LogP contribution in [0.25, 0.3) is 0 Å². The molecule has 1 fully saturated rings. The molecule has 0 radical (unpaired) electrons. The van der Waals surface area contributed by atoms with Gasteiger partial charge in [0.25, 0.3) is 0 Å². The molecule has 1 heterocycles. The maximum Gasteiger partial charge on any atom is 0.135 e. The van der Waals surface area contributed by atoms with Crippen LogP contribution in [0.5, 0.6) is 0 Å². The fourth-order valence-corrected chi connectivity index (χ4v) is 0.868. The molecule has 1 aliphatic rings. The monoisotopic (exact) mass is 417 g/mol. The predicted octanol–water partition coefficient (Wildman–Crippen LogP) is 7.00. The molecule has 18 heteroatoms. The summed E-state index contributed by atoms with van der Waals surface area (Å²) in [4.78, 5) is 12.8. The summed E-state index contributed by atoms with van der Waals surface area (Å²) >= 11 is 0. The lowest BCUT2D eigenvalue weighted by Gasteiger charge is -2.19. The molecule has 0 aromatic rings. The number of likely N-dealkylation sites (tertiary alicyclic amines) is 1. The fourth-order valence-electron chi connectivity index (χ4n) is 0.868. The summed E-state index contributed by atoms with van der Waals surface area (Å²) in [6.07, 6.45) is 1.52. The number of hydrogen-bond donors (Lipinski definition) is 0. The molecule has 0 aliphatic carbocycles. The van der Waals surface area contributed by atoms with Gasteiger partial charge in [0.1, 0.15) is 5.78 Å². The zero-order valence-corrected chi connectivity index (χ0v) is 11.2. The molecule has 0 aromatic heterocycles. The Hall–Kier alpha value is -1.49. The van der Waals surface area contributed by atoms with Gasteiger partial charge in [0, 0.05) is 99.1 Å². The first-order chi connectivity index (χ1) is 11.8. The quantitative estimate of drug-likeness (QED) is 0.396. The number of rotatable bonds is 0. The number of piperidine rings is 1. The highest BCUT2D eigenvalue weighted by Crippen LogP contribution is 2.01. The van der Waals surface area contributed by atoms with E-state index in [1.807, 2.05) is 7.05 Å². The van der Waals surface area contributed by atoms with Crippen molar-refractivity contribution in [3.8, 4) is 0 Å². The van der Waals surface area contributed by atoms with Gasteiger partial charge in [-0.25, -0.2) is 0 Å². The van der Waals surface area contributed by atoms with E-state index in [2.05, 4.69) is 4.90 Å². The van der Waals surface area contributed by atoms with Gasteiger partial charge in [-0.15, -0.1) is 0 Å². The largest absolute Gasteiger partial charge is 0.305 e. The second-order valence-corrected chi connectivity index (χ2v) is 2.34. The fraction of sp³-hybridized carbons (Fsp3) is 0.833. The number of hydrogen-bond acceptors (Lipinski definition) is 2. The second-order valence-electron chi connectivity index (χ2n) is 2.34. The summed E-state index contributed by atoms with van der Waals surface area (Å²) in [7, 11) is 2.05. The summed E-state index contributed by atoms with van der Waals surface area (Å²) in [6.45, 7) is 1.91. The van der Waals surface area contributed by atoms with Crippen molar-refractivity contribution in [3.63, 3.8) is 0 Å². The Morgan fingerprint density at radius 2 is 0.708 bits per heavy atom. The molecule has 0 unspecified atom stereocenters. The molecule has 0 N–H and O–H groups in total. The van der Waals surface area contributed by atoms with Crippen LogP contribution in [-0.2, 0) is 4.79 Å². The minimum absolute atomic E-state index is 0.420. The maximum atomic E-state index is 10.6. The van der Waals surface area contributed by atoms with E-state index in [-0.39, 0.29) is 0 Å². The Balaban J connectivity index is -0.0000000230. The van der Waals surface area contributed by atoms with E-state index < -0.39 is 0 Å². The molecule has 158 valence electrons. The van der Waals surface area contributed by atoms with Crippen molar-refractivity contribution in [1.82, 2.24) is 4.90 Å². The highest BCUT2D eigenvalue weighted by atomic mass is 20.0. The Morgan fingerprint density at radius 1 is 0.542 bits per heavy atom. The van der Waals surface area contributed by atoms with Crippen LogP contribution in [-0.4, -0.2) is 30.8 Å². The first-order valence-corrected chi connectivity index (χ1v) is 4.13. The highest BCUT2D eigenvalue weighted by molar-refractivity contribution is 5.79. The van der Waals surface area contributed by atoms with Crippen LogP contribution in [0.2, 0.25) is 0 Å². The van der Waals surface area contributed by atoms with Gasteiger partial charge in [-0.05, 0) is 7.05 Å². The zero-order valence-electron chi connectivity index (χ0n) is 11.2. The first-order valence-electron chi connectivity index (χ1n) is 4.13. The van der Waals surface area contributed by atoms with Crippen molar-refractivity contribution in [2.45, 2.75) is 12.8 Å². The van der Waals surface area contributed by atoms with Gasteiger partial charge in [-0.1, -0.05) is 0 Å². The first kappa shape index (κ1) is 49.5. The molecule has 0 spiro atoms. The minimum Gasteiger partial charge on any atom is -0.305 e. The van der Waals surface area contributed by atoms with Crippen LogP contribution in [0.15, 0.2) is 0 Å². The average Bonchev–Trinajstić information content (AvgIpc) is 2.76. The van der Waals surface area contributed by atoms with Crippen LogP contribution in [0.4, 0.5) is 73.2 Å². The predicted molar refractivity (Wildman–Crippen MR) is 49.5 cm³/mol. The van der Waals surface area contributed by atoms with Crippen LogP contribution < -0.4 is 0 Å². The summed E-state index contributed by atoms with van der Waals surface area (Å²) < 4.78 is 128. The summed E-state index contributed by atoms with van der Waals surface area (Å²) in [5.74, 6) is 0.420. The van der Waals surface area contributed by atoms with Gasteiger partial charge < -0.3 is 4.90 Å². The van der Waals surface area contributed by atoms with E-state index in [9.17, 15) is 4.79 Å². The number of nitrogens with zero attached hydrogens (tertiary/aromatic N) is 1. The molecule has 0 bridgehead atoms. The third-order valence-electron chi connectivity index (χ3n) is 1.54. The number of carbonyl (C=O) groups is 1. The van der Waals surface area contributed by atoms with Crippen molar-refractivity contribution < 1.29 is 78.0 Å². The smallest absolute Gasteiger partial charge is 0.135 e. The summed E-state index contributed by atoms with van der Waals surface area (Å²) in [5, 5.41) is 0. The van der Waals surface area contributed by atoms with Crippen LogP contribution in [0, 0.1) is 0 Å². The Morgan fingerprint density at radius 3 is 0.833 bits per heavy atom. The molecule has 0 aromatic carbocycles. The third kappa shape index (κ3) is 108. The standard InChI is InChI=1S/C6H11NO.8F2/c1-7-4-2-6(8)3-5-7;8*1-2/h2-5H2,1H3;;;;;;;;. The van der Waals surface area contributed by atoms with E-state index in [0.29, 0.717) is 5.78 Å². The van der Waals surface area contributed by atoms with Crippen molar-refractivity contribution in [2.75, 3.05) is 20.1 Å². The lowest BCUT2D eigenvalue weighted by Crippen LogP contribution is -2.29. The Kier molecular flexibility index (Phi) is 258. The highest BCUT2D eigenvalue weighted by Gasteiger charge is 2.10. The lowest BCUT2D eigenvalue weighted by atomic mass is 10.1. The molecule has 1 rings (SSSR count). The van der Waals surface area contributed by atoms with E-state index in [1.165, 1.54) is 0 Å². The lowest BCUT2D eigenvalue weighted by molar-refractivity contribution is -0.121. The Labute approximate surface area is 123 Å². The van der Waals surface area contributed by atoms with Crippen molar-refractivity contribution >= 4 is 5.78 Å².